The zero-order chi connectivity index (χ0) is 12.2. The average molecular weight is 230 g/mol. The van der Waals surface area contributed by atoms with Crippen molar-refractivity contribution >= 4 is 0 Å². The van der Waals surface area contributed by atoms with Crippen molar-refractivity contribution in [2.24, 2.45) is 0 Å². The Bertz CT molecular complexity index is 237. The van der Waals surface area contributed by atoms with Crippen molar-refractivity contribution in [1.29, 1.82) is 0 Å². The first-order valence-electron chi connectivity index (χ1n) is 5.79. The van der Waals surface area contributed by atoms with E-state index in [1.54, 1.807) is 13.8 Å². The van der Waals surface area contributed by atoms with Gasteiger partial charge in [0.05, 0.1) is 12.7 Å². The fourth-order valence-corrected chi connectivity index (χ4v) is 1.67. The van der Waals surface area contributed by atoms with Crippen molar-refractivity contribution in [1.82, 2.24) is 0 Å². The third-order valence-electron chi connectivity index (χ3n) is 2.59. The third-order valence-corrected chi connectivity index (χ3v) is 2.59. The molecule has 94 valence electrons. The molecule has 4 heteroatoms. The summed E-state index contributed by atoms with van der Waals surface area (Å²) in [6, 6.07) is 0. The molecule has 1 aliphatic heterocycles. The van der Waals surface area contributed by atoms with Crippen LogP contribution in [0.25, 0.3) is 0 Å². The molecule has 3 atom stereocenters. The summed E-state index contributed by atoms with van der Waals surface area (Å²) in [6.45, 7) is 5.94. The molecule has 4 nitrogen and oxygen atoms in total. The molecule has 1 heterocycles. The lowest BCUT2D eigenvalue weighted by Crippen LogP contribution is -2.39. The number of aliphatic hydroxyl groups excluding tert-OH is 2. The van der Waals surface area contributed by atoms with Gasteiger partial charge in [-0.2, -0.15) is 0 Å². The van der Waals surface area contributed by atoms with Crippen molar-refractivity contribution in [3.8, 4) is 0 Å². The minimum Gasteiger partial charge on any atom is -0.390 e. The predicted molar refractivity (Wildman–Crippen MR) is 61.0 cm³/mol. The molecule has 0 bridgehead atoms. The molecular weight excluding hydrogens is 208 g/mol. The second-order valence-electron chi connectivity index (χ2n) is 4.54. The van der Waals surface area contributed by atoms with Crippen molar-refractivity contribution < 1.29 is 19.7 Å². The summed E-state index contributed by atoms with van der Waals surface area (Å²) in [6.07, 6.45) is 3.06. The van der Waals surface area contributed by atoms with E-state index in [-0.39, 0.29) is 0 Å². The molecule has 0 aliphatic carbocycles. The van der Waals surface area contributed by atoms with Gasteiger partial charge in [0.15, 0.2) is 5.79 Å². The summed E-state index contributed by atoms with van der Waals surface area (Å²) in [5, 5.41) is 19.6. The van der Waals surface area contributed by atoms with Crippen LogP contribution in [0.4, 0.5) is 0 Å². The van der Waals surface area contributed by atoms with Crippen LogP contribution < -0.4 is 0 Å². The van der Waals surface area contributed by atoms with E-state index in [4.69, 9.17) is 9.47 Å². The first-order valence-corrected chi connectivity index (χ1v) is 5.79. The lowest BCUT2D eigenvalue weighted by Gasteiger charge is -2.23. The maximum absolute atomic E-state index is 9.86. The first kappa shape index (κ1) is 13.6. The van der Waals surface area contributed by atoms with E-state index in [1.165, 1.54) is 0 Å². The first-order chi connectivity index (χ1) is 7.46. The van der Waals surface area contributed by atoms with Crippen LogP contribution >= 0.6 is 0 Å². The topological polar surface area (TPSA) is 58.9 Å². The number of allylic oxidation sites excluding steroid dienone is 1. The summed E-state index contributed by atoms with van der Waals surface area (Å²) in [7, 11) is 0. The molecule has 0 spiro atoms. The molecule has 0 radical (unpaired) electrons. The van der Waals surface area contributed by atoms with Gasteiger partial charge in [-0.3, -0.25) is 0 Å². The predicted octanol–water partition coefficient (Wildman–Crippen LogP) is 1.22. The monoisotopic (exact) mass is 230 g/mol. The molecule has 16 heavy (non-hydrogen) atoms. The summed E-state index contributed by atoms with van der Waals surface area (Å²) in [5.41, 5.74) is 0. The molecule has 0 aromatic heterocycles. The van der Waals surface area contributed by atoms with Crippen LogP contribution in [-0.4, -0.2) is 40.9 Å². The molecule has 1 saturated heterocycles. The number of ether oxygens (including phenoxy) is 2. The van der Waals surface area contributed by atoms with Crippen LogP contribution in [0.3, 0.4) is 0 Å². The maximum atomic E-state index is 9.86. The van der Waals surface area contributed by atoms with Crippen LogP contribution in [0.5, 0.6) is 0 Å². The van der Waals surface area contributed by atoms with Gasteiger partial charge in [0, 0.05) is 0 Å². The summed E-state index contributed by atoms with van der Waals surface area (Å²) in [4.78, 5) is 0. The van der Waals surface area contributed by atoms with Gasteiger partial charge in [-0.25, -0.2) is 0 Å². The second kappa shape index (κ2) is 5.77. The minimum absolute atomic E-state index is 0.322. The number of aliphatic hydroxyl groups is 2. The highest BCUT2D eigenvalue weighted by atomic mass is 16.7. The van der Waals surface area contributed by atoms with Crippen LogP contribution in [0.15, 0.2) is 12.2 Å². The zero-order valence-electron chi connectivity index (χ0n) is 10.2. The maximum Gasteiger partial charge on any atom is 0.163 e. The van der Waals surface area contributed by atoms with Crippen molar-refractivity contribution in [2.45, 2.75) is 57.7 Å². The van der Waals surface area contributed by atoms with Crippen LogP contribution in [0.2, 0.25) is 0 Å². The van der Waals surface area contributed by atoms with Gasteiger partial charge in [0.2, 0.25) is 0 Å². The van der Waals surface area contributed by atoms with Gasteiger partial charge in [0.1, 0.15) is 12.2 Å². The Morgan fingerprint density at radius 1 is 1.38 bits per heavy atom. The largest absolute Gasteiger partial charge is 0.390 e. The number of rotatable bonds is 5. The standard InChI is InChI=1S/C12H22O4/c1-4-5-6-7-9(13)11(14)10-8-15-12(2,3)16-10/h5-6,9-11,13-14H,4,7-8H2,1-3H3/b6-5-/t9-,10-,11+/m0/s1. The van der Waals surface area contributed by atoms with E-state index in [0.29, 0.717) is 13.0 Å². The number of hydrogen-bond donors (Lipinski definition) is 2. The Morgan fingerprint density at radius 3 is 2.56 bits per heavy atom. The lowest BCUT2D eigenvalue weighted by molar-refractivity contribution is -0.160. The normalized spacial score (nSPS) is 28.4. The van der Waals surface area contributed by atoms with Gasteiger partial charge in [-0.15, -0.1) is 0 Å². The molecular formula is C12H22O4. The molecule has 0 saturated carbocycles. The number of hydrogen-bond acceptors (Lipinski definition) is 4. The van der Waals surface area contributed by atoms with Crippen molar-refractivity contribution in [2.75, 3.05) is 6.61 Å². The smallest absolute Gasteiger partial charge is 0.163 e. The molecule has 0 unspecified atom stereocenters. The Balaban J connectivity index is 2.39. The second-order valence-corrected chi connectivity index (χ2v) is 4.54. The van der Waals surface area contributed by atoms with E-state index in [1.807, 2.05) is 19.1 Å². The zero-order valence-corrected chi connectivity index (χ0v) is 10.2. The molecule has 1 aliphatic rings. The quantitative estimate of drug-likeness (QED) is 0.697. The van der Waals surface area contributed by atoms with Gasteiger partial charge in [-0.1, -0.05) is 19.1 Å². The fraction of sp³-hybridized carbons (Fsp3) is 0.833. The lowest BCUT2D eigenvalue weighted by atomic mass is 10.1. The van der Waals surface area contributed by atoms with Crippen LogP contribution in [0.1, 0.15) is 33.6 Å². The highest BCUT2D eigenvalue weighted by molar-refractivity contribution is 4.89. The Labute approximate surface area is 96.9 Å². The average Bonchev–Trinajstić information content (AvgIpc) is 2.58. The van der Waals surface area contributed by atoms with Gasteiger partial charge >= 0.3 is 0 Å². The minimum atomic E-state index is -0.900. The Hall–Kier alpha value is -0.420. The van der Waals surface area contributed by atoms with Gasteiger partial charge in [-0.05, 0) is 26.7 Å². The summed E-state index contributed by atoms with van der Waals surface area (Å²) in [5.74, 6) is -0.662. The summed E-state index contributed by atoms with van der Waals surface area (Å²) >= 11 is 0. The van der Waals surface area contributed by atoms with E-state index in [2.05, 4.69) is 0 Å². The van der Waals surface area contributed by atoms with Gasteiger partial charge < -0.3 is 19.7 Å². The van der Waals surface area contributed by atoms with E-state index in [0.717, 1.165) is 6.42 Å². The van der Waals surface area contributed by atoms with E-state index < -0.39 is 24.1 Å². The Kier molecular flexibility index (Phi) is 4.92. The third kappa shape index (κ3) is 3.87. The molecule has 0 aromatic carbocycles. The van der Waals surface area contributed by atoms with Gasteiger partial charge in [0.25, 0.3) is 0 Å². The van der Waals surface area contributed by atoms with Crippen LogP contribution in [-0.2, 0) is 9.47 Å². The molecule has 0 aromatic rings. The summed E-state index contributed by atoms with van der Waals surface area (Å²) < 4.78 is 10.8. The van der Waals surface area contributed by atoms with Crippen molar-refractivity contribution in [3.05, 3.63) is 12.2 Å². The van der Waals surface area contributed by atoms with E-state index >= 15 is 0 Å². The Morgan fingerprint density at radius 2 is 2.06 bits per heavy atom. The SMILES string of the molecule is CC/C=C\C[C@H](O)[C@@H](O)[C@@H]1COC(C)(C)O1. The molecule has 1 fully saturated rings. The molecule has 2 N–H and O–H groups in total. The highest BCUT2D eigenvalue weighted by Gasteiger charge is 2.38. The fourth-order valence-electron chi connectivity index (χ4n) is 1.67. The highest BCUT2D eigenvalue weighted by Crippen LogP contribution is 2.25. The molecule has 0 amide bonds. The van der Waals surface area contributed by atoms with Crippen LogP contribution in [0, 0.1) is 0 Å². The molecule has 1 rings (SSSR count). The van der Waals surface area contributed by atoms with E-state index in [9.17, 15) is 10.2 Å². The van der Waals surface area contributed by atoms with Crippen molar-refractivity contribution in [3.63, 3.8) is 0 Å².